The first-order chi connectivity index (χ1) is 7.31. The van der Waals surface area contributed by atoms with Gasteiger partial charge in [0.15, 0.2) is 0 Å². The van der Waals surface area contributed by atoms with Crippen LogP contribution in [0.1, 0.15) is 5.56 Å². The van der Waals surface area contributed by atoms with E-state index in [-0.39, 0.29) is 0 Å². The molecule has 0 unspecified atom stereocenters. The van der Waals surface area contributed by atoms with Crippen LogP contribution < -0.4 is 5.32 Å². The fraction of sp³-hybridized carbons (Fsp3) is 0.182. The van der Waals surface area contributed by atoms with Crippen molar-refractivity contribution in [3.63, 3.8) is 0 Å². The number of hydrogen-bond donors (Lipinski definition) is 1. The monoisotopic (exact) mass is 221 g/mol. The molecule has 0 bridgehead atoms. The molecule has 0 atom stereocenters. The van der Waals surface area contributed by atoms with Crippen LogP contribution in [0.5, 0.6) is 0 Å². The maximum atomic E-state index is 6.14. The van der Waals surface area contributed by atoms with Gasteiger partial charge in [-0.05, 0) is 30.8 Å². The summed E-state index contributed by atoms with van der Waals surface area (Å²) in [4.78, 5) is 0. The number of hydrogen-bond acceptors (Lipinski definition) is 2. The zero-order chi connectivity index (χ0) is 10.7. The lowest BCUT2D eigenvalue weighted by atomic mass is 10.2. The zero-order valence-corrected chi connectivity index (χ0v) is 9.20. The van der Waals surface area contributed by atoms with Crippen LogP contribution in [0.25, 0.3) is 5.69 Å². The van der Waals surface area contributed by atoms with E-state index in [1.807, 2.05) is 37.5 Å². The van der Waals surface area contributed by atoms with E-state index in [0.29, 0.717) is 0 Å². The summed E-state index contributed by atoms with van der Waals surface area (Å²) in [7, 11) is 1.90. The average Bonchev–Trinajstić information content (AvgIpc) is 2.74. The molecule has 0 aliphatic heterocycles. The minimum Gasteiger partial charge on any atom is -0.316 e. The smallest absolute Gasteiger partial charge is 0.0660 e. The van der Waals surface area contributed by atoms with E-state index in [9.17, 15) is 0 Å². The van der Waals surface area contributed by atoms with E-state index in [1.54, 1.807) is 10.9 Å². The van der Waals surface area contributed by atoms with Gasteiger partial charge in [-0.25, -0.2) is 4.68 Å². The Morgan fingerprint density at radius 2 is 2.33 bits per heavy atom. The van der Waals surface area contributed by atoms with Crippen LogP contribution >= 0.6 is 11.6 Å². The van der Waals surface area contributed by atoms with Gasteiger partial charge in [0.2, 0.25) is 0 Å². The van der Waals surface area contributed by atoms with Crippen molar-refractivity contribution in [2.45, 2.75) is 6.54 Å². The fourth-order valence-electron chi connectivity index (χ4n) is 1.43. The molecule has 78 valence electrons. The van der Waals surface area contributed by atoms with Crippen LogP contribution in [0, 0.1) is 0 Å². The standard InChI is InChI=1S/C11H12ClN3/c1-13-8-9-3-4-10(7-11(9)12)15-6-2-5-14-15/h2-7,13H,8H2,1H3. The highest BCUT2D eigenvalue weighted by Gasteiger charge is 2.02. The normalized spacial score (nSPS) is 10.5. The van der Waals surface area contributed by atoms with Gasteiger partial charge < -0.3 is 5.32 Å². The molecule has 0 saturated heterocycles. The Hall–Kier alpha value is -1.32. The number of rotatable bonds is 3. The van der Waals surface area contributed by atoms with Crippen molar-refractivity contribution in [3.8, 4) is 5.69 Å². The SMILES string of the molecule is CNCc1ccc(-n2cccn2)cc1Cl. The van der Waals surface area contributed by atoms with E-state index in [0.717, 1.165) is 22.8 Å². The molecule has 1 aromatic carbocycles. The molecule has 2 aromatic rings. The first-order valence-corrected chi connectivity index (χ1v) is 5.12. The van der Waals surface area contributed by atoms with E-state index < -0.39 is 0 Å². The van der Waals surface area contributed by atoms with Crippen LogP contribution in [0.2, 0.25) is 5.02 Å². The molecule has 0 saturated carbocycles. The topological polar surface area (TPSA) is 29.9 Å². The Morgan fingerprint density at radius 3 is 2.93 bits per heavy atom. The molecule has 1 aromatic heterocycles. The minimum absolute atomic E-state index is 0.761. The van der Waals surface area contributed by atoms with Crippen LogP contribution in [0.3, 0.4) is 0 Å². The van der Waals surface area contributed by atoms with Crippen LogP contribution in [-0.4, -0.2) is 16.8 Å². The maximum absolute atomic E-state index is 6.14. The summed E-state index contributed by atoms with van der Waals surface area (Å²) in [5.41, 5.74) is 2.07. The van der Waals surface area contributed by atoms with Crippen molar-refractivity contribution in [2.75, 3.05) is 7.05 Å². The second kappa shape index (κ2) is 4.47. The average molecular weight is 222 g/mol. The molecule has 0 spiro atoms. The van der Waals surface area contributed by atoms with Crippen molar-refractivity contribution < 1.29 is 0 Å². The largest absolute Gasteiger partial charge is 0.316 e. The van der Waals surface area contributed by atoms with E-state index >= 15 is 0 Å². The Labute approximate surface area is 93.7 Å². The van der Waals surface area contributed by atoms with E-state index in [1.165, 1.54) is 0 Å². The predicted molar refractivity (Wildman–Crippen MR) is 61.3 cm³/mol. The summed E-state index contributed by atoms with van der Waals surface area (Å²) in [6.45, 7) is 0.776. The van der Waals surface area contributed by atoms with E-state index in [2.05, 4.69) is 10.4 Å². The zero-order valence-electron chi connectivity index (χ0n) is 8.44. The molecule has 1 heterocycles. The second-order valence-corrected chi connectivity index (χ2v) is 3.66. The molecule has 2 rings (SSSR count). The maximum Gasteiger partial charge on any atom is 0.0660 e. The van der Waals surface area contributed by atoms with Crippen LogP contribution in [0.4, 0.5) is 0 Å². The van der Waals surface area contributed by atoms with Crippen molar-refractivity contribution >= 4 is 11.6 Å². The fourth-order valence-corrected chi connectivity index (χ4v) is 1.68. The minimum atomic E-state index is 0.761. The van der Waals surface area contributed by atoms with Gasteiger partial charge in [-0.15, -0.1) is 0 Å². The Kier molecular flexibility index (Phi) is 3.04. The molecular weight excluding hydrogens is 210 g/mol. The highest BCUT2D eigenvalue weighted by atomic mass is 35.5. The van der Waals surface area contributed by atoms with Gasteiger partial charge >= 0.3 is 0 Å². The Bertz CT molecular complexity index is 437. The van der Waals surface area contributed by atoms with Gasteiger partial charge in [0, 0.05) is 24.0 Å². The van der Waals surface area contributed by atoms with Crippen molar-refractivity contribution in [3.05, 3.63) is 47.2 Å². The highest BCUT2D eigenvalue weighted by Crippen LogP contribution is 2.19. The van der Waals surface area contributed by atoms with Gasteiger partial charge in [-0.3, -0.25) is 0 Å². The third kappa shape index (κ3) is 2.19. The van der Waals surface area contributed by atoms with Crippen molar-refractivity contribution in [2.24, 2.45) is 0 Å². The molecule has 15 heavy (non-hydrogen) atoms. The van der Waals surface area contributed by atoms with Gasteiger partial charge in [-0.1, -0.05) is 17.7 Å². The van der Waals surface area contributed by atoms with Crippen molar-refractivity contribution in [1.82, 2.24) is 15.1 Å². The molecule has 0 fully saturated rings. The predicted octanol–water partition coefficient (Wildman–Crippen LogP) is 2.25. The van der Waals surface area contributed by atoms with Crippen LogP contribution in [-0.2, 0) is 6.54 Å². The second-order valence-electron chi connectivity index (χ2n) is 3.26. The number of nitrogens with zero attached hydrogens (tertiary/aromatic N) is 2. The molecule has 0 aliphatic rings. The van der Waals surface area contributed by atoms with Gasteiger partial charge in [-0.2, -0.15) is 5.10 Å². The third-order valence-corrected chi connectivity index (χ3v) is 2.52. The number of aromatic nitrogens is 2. The van der Waals surface area contributed by atoms with Crippen molar-refractivity contribution in [1.29, 1.82) is 0 Å². The van der Waals surface area contributed by atoms with Gasteiger partial charge in [0.1, 0.15) is 0 Å². The first-order valence-electron chi connectivity index (χ1n) is 4.74. The van der Waals surface area contributed by atoms with E-state index in [4.69, 9.17) is 11.6 Å². The summed E-state index contributed by atoms with van der Waals surface area (Å²) in [6, 6.07) is 7.82. The molecular formula is C11H12ClN3. The number of nitrogens with one attached hydrogen (secondary N) is 1. The van der Waals surface area contributed by atoms with Gasteiger partial charge in [0.25, 0.3) is 0 Å². The highest BCUT2D eigenvalue weighted by molar-refractivity contribution is 6.31. The number of halogens is 1. The van der Waals surface area contributed by atoms with Gasteiger partial charge in [0.05, 0.1) is 5.69 Å². The summed E-state index contributed by atoms with van der Waals surface area (Å²) in [6.07, 6.45) is 3.64. The number of benzene rings is 1. The Morgan fingerprint density at radius 1 is 1.47 bits per heavy atom. The lowest BCUT2D eigenvalue weighted by Crippen LogP contribution is -2.06. The molecule has 3 nitrogen and oxygen atoms in total. The lowest BCUT2D eigenvalue weighted by molar-refractivity contribution is 0.815. The molecule has 0 aliphatic carbocycles. The molecule has 0 radical (unpaired) electrons. The quantitative estimate of drug-likeness (QED) is 0.862. The molecule has 4 heteroatoms. The summed E-state index contributed by atoms with van der Waals surface area (Å²) < 4.78 is 1.79. The summed E-state index contributed by atoms with van der Waals surface area (Å²) >= 11 is 6.14. The summed E-state index contributed by atoms with van der Waals surface area (Å²) in [5.74, 6) is 0. The summed E-state index contributed by atoms with van der Waals surface area (Å²) in [5, 5.41) is 7.98. The lowest BCUT2D eigenvalue weighted by Gasteiger charge is -2.06. The first kappa shape index (κ1) is 10.2. The van der Waals surface area contributed by atoms with Crippen LogP contribution in [0.15, 0.2) is 36.7 Å². The molecule has 0 amide bonds. The Balaban J connectivity index is 2.33. The third-order valence-electron chi connectivity index (χ3n) is 2.17. The molecule has 1 N–H and O–H groups in total.